The largest absolute Gasteiger partial charge is 0.299 e. The molecule has 2 aliphatic rings. The van der Waals surface area contributed by atoms with E-state index in [0.717, 1.165) is 25.7 Å². The van der Waals surface area contributed by atoms with E-state index in [-0.39, 0.29) is 10.8 Å². The molecule has 0 aliphatic heterocycles. The summed E-state index contributed by atoms with van der Waals surface area (Å²) < 4.78 is 0. The number of Topliss-reactive ketones (excluding diaryl/α,β-unsaturated/α-hetero) is 1. The van der Waals surface area contributed by atoms with Gasteiger partial charge in [-0.25, -0.2) is 0 Å². The highest BCUT2D eigenvalue weighted by atomic mass is 16.1. The molecule has 0 bridgehead atoms. The molecule has 1 saturated carbocycles. The van der Waals surface area contributed by atoms with Gasteiger partial charge < -0.3 is 0 Å². The number of benzene rings is 1. The standard InChI is InChI=1S/C17H22O/c1-16(2)14-9-8-12-6-4-5-7-13(12)17(14,3)11-10-15(16)18/h4-7,14H,8-11H2,1-3H3/t14-,17+/m0/s1. The van der Waals surface area contributed by atoms with Gasteiger partial charge in [0.25, 0.3) is 0 Å². The van der Waals surface area contributed by atoms with Crippen LogP contribution in [-0.4, -0.2) is 5.78 Å². The first-order valence-electron chi connectivity index (χ1n) is 7.08. The van der Waals surface area contributed by atoms with Crippen molar-refractivity contribution >= 4 is 5.78 Å². The predicted octanol–water partition coefficient (Wildman–Crippen LogP) is 3.90. The van der Waals surface area contributed by atoms with E-state index in [1.165, 1.54) is 11.1 Å². The summed E-state index contributed by atoms with van der Waals surface area (Å²) in [5.74, 6) is 0.963. The summed E-state index contributed by atoms with van der Waals surface area (Å²) in [6.45, 7) is 6.69. The van der Waals surface area contributed by atoms with Crippen molar-refractivity contribution in [2.45, 2.75) is 51.9 Å². The molecule has 0 aromatic heterocycles. The normalized spacial score (nSPS) is 33.7. The highest BCUT2D eigenvalue weighted by Gasteiger charge is 2.53. The van der Waals surface area contributed by atoms with Crippen LogP contribution in [0.5, 0.6) is 0 Å². The van der Waals surface area contributed by atoms with E-state index in [0.29, 0.717) is 11.7 Å². The van der Waals surface area contributed by atoms with Crippen molar-refractivity contribution in [3.05, 3.63) is 35.4 Å². The lowest BCUT2D eigenvalue weighted by atomic mass is 9.50. The second-order valence-electron chi connectivity index (χ2n) is 6.81. The average Bonchev–Trinajstić information content (AvgIpc) is 2.35. The second-order valence-corrected chi connectivity index (χ2v) is 6.81. The zero-order valence-corrected chi connectivity index (χ0v) is 11.6. The molecular formula is C17H22O. The zero-order valence-electron chi connectivity index (χ0n) is 11.6. The van der Waals surface area contributed by atoms with Crippen molar-refractivity contribution in [3.8, 4) is 0 Å². The van der Waals surface area contributed by atoms with Crippen LogP contribution in [0.1, 0.15) is 51.2 Å². The van der Waals surface area contributed by atoms with Crippen LogP contribution in [-0.2, 0) is 16.6 Å². The minimum absolute atomic E-state index is 0.152. The number of ketones is 1. The molecule has 0 N–H and O–H groups in total. The fraction of sp³-hybridized carbons (Fsp3) is 0.588. The third kappa shape index (κ3) is 1.43. The SMILES string of the molecule is CC1(C)C(=O)CC[C@]2(C)c3ccccc3CC[C@@H]12. The molecule has 0 spiro atoms. The molecule has 18 heavy (non-hydrogen) atoms. The molecule has 0 unspecified atom stereocenters. The molecule has 1 nitrogen and oxygen atoms in total. The topological polar surface area (TPSA) is 17.1 Å². The number of hydrogen-bond donors (Lipinski definition) is 0. The van der Waals surface area contributed by atoms with Crippen molar-refractivity contribution in [2.24, 2.45) is 11.3 Å². The number of hydrogen-bond acceptors (Lipinski definition) is 1. The summed E-state index contributed by atoms with van der Waals surface area (Å²) in [5.41, 5.74) is 3.05. The lowest BCUT2D eigenvalue weighted by molar-refractivity contribution is -0.137. The lowest BCUT2D eigenvalue weighted by Crippen LogP contribution is -2.52. The van der Waals surface area contributed by atoms with Crippen molar-refractivity contribution in [1.29, 1.82) is 0 Å². The summed E-state index contributed by atoms with van der Waals surface area (Å²) in [7, 11) is 0. The number of carbonyl (C=O) groups is 1. The third-order valence-electron chi connectivity index (χ3n) is 5.57. The van der Waals surface area contributed by atoms with Gasteiger partial charge in [-0.3, -0.25) is 4.79 Å². The Kier molecular flexibility index (Phi) is 2.45. The van der Waals surface area contributed by atoms with E-state index in [9.17, 15) is 4.79 Å². The van der Waals surface area contributed by atoms with E-state index in [1.54, 1.807) is 0 Å². The molecule has 1 fully saturated rings. The second kappa shape index (κ2) is 3.69. The Morgan fingerprint density at radius 2 is 1.83 bits per heavy atom. The smallest absolute Gasteiger partial charge is 0.138 e. The zero-order chi connectivity index (χ0) is 13.0. The lowest BCUT2D eigenvalue weighted by Gasteiger charge is -2.53. The van der Waals surface area contributed by atoms with Crippen LogP contribution in [0.15, 0.2) is 24.3 Å². The summed E-state index contributed by atoms with van der Waals surface area (Å²) in [6, 6.07) is 8.84. The van der Waals surface area contributed by atoms with Crippen molar-refractivity contribution < 1.29 is 4.79 Å². The van der Waals surface area contributed by atoms with Gasteiger partial charge in [0.05, 0.1) is 0 Å². The van der Waals surface area contributed by atoms with Crippen LogP contribution in [0.4, 0.5) is 0 Å². The van der Waals surface area contributed by atoms with Crippen molar-refractivity contribution in [3.63, 3.8) is 0 Å². The van der Waals surface area contributed by atoms with E-state index in [4.69, 9.17) is 0 Å². The van der Waals surface area contributed by atoms with Crippen LogP contribution >= 0.6 is 0 Å². The van der Waals surface area contributed by atoms with Gasteiger partial charge in [0.2, 0.25) is 0 Å². The average molecular weight is 242 g/mol. The van der Waals surface area contributed by atoms with Gasteiger partial charge in [-0.1, -0.05) is 45.0 Å². The molecule has 2 atom stereocenters. The molecule has 0 saturated heterocycles. The van der Waals surface area contributed by atoms with E-state index in [2.05, 4.69) is 45.0 Å². The monoisotopic (exact) mass is 242 g/mol. The summed E-state index contributed by atoms with van der Waals surface area (Å²) in [6.07, 6.45) is 4.06. The quantitative estimate of drug-likeness (QED) is 0.674. The van der Waals surface area contributed by atoms with Crippen LogP contribution in [0.3, 0.4) is 0 Å². The molecule has 1 aromatic rings. The van der Waals surface area contributed by atoms with E-state index >= 15 is 0 Å². The van der Waals surface area contributed by atoms with Crippen LogP contribution in [0.2, 0.25) is 0 Å². The minimum atomic E-state index is -0.152. The first-order chi connectivity index (χ1) is 8.46. The predicted molar refractivity (Wildman–Crippen MR) is 73.6 cm³/mol. The minimum Gasteiger partial charge on any atom is -0.299 e. The van der Waals surface area contributed by atoms with Crippen LogP contribution in [0, 0.1) is 11.3 Å². The molecule has 2 aliphatic carbocycles. The summed E-state index contributed by atoms with van der Waals surface area (Å²) in [4.78, 5) is 12.2. The molecule has 3 rings (SSSR count). The van der Waals surface area contributed by atoms with Gasteiger partial charge in [-0.2, -0.15) is 0 Å². The van der Waals surface area contributed by atoms with Gasteiger partial charge in [-0.15, -0.1) is 0 Å². The third-order valence-corrected chi connectivity index (χ3v) is 5.57. The Bertz CT molecular complexity index is 500. The molecule has 96 valence electrons. The van der Waals surface area contributed by atoms with Gasteiger partial charge >= 0.3 is 0 Å². The van der Waals surface area contributed by atoms with Gasteiger partial charge in [0, 0.05) is 11.8 Å². The molecule has 0 heterocycles. The summed E-state index contributed by atoms with van der Waals surface area (Å²) in [5, 5.41) is 0. The van der Waals surface area contributed by atoms with E-state index in [1.807, 2.05) is 0 Å². The Morgan fingerprint density at radius 3 is 2.61 bits per heavy atom. The number of carbonyl (C=O) groups excluding carboxylic acids is 1. The van der Waals surface area contributed by atoms with Gasteiger partial charge in [0.1, 0.15) is 5.78 Å². The highest BCUT2D eigenvalue weighted by Crippen LogP contribution is 2.55. The molecule has 0 amide bonds. The maximum Gasteiger partial charge on any atom is 0.138 e. The van der Waals surface area contributed by atoms with Crippen LogP contribution in [0.25, 0.3) is 0 Å². The van der Waals surface area contributed by atoms with Gasteiger partial charge in [0.15, 0.2) is 0 Å². The molecule has 1 heteroatoms. The Morgan fingerprint density at radius 1 is 1.11 bits per heavy atom. The highest BCUT2D eigenvalue weighted by molar-refractivity contribution is 5.86. The fourth-order valence-corrected chi connectivity index (χ4v) is 4.46. The van der Waals surface area contributed by atoms with Gasteiger partial charge in [-0.05, 0) is 41.7 Å². The number of rotatable bonds is 0. The first kappa shape index (κ1) is 12.0. The van der Waals surface area contributed by atoms with Crippen molar-refractivity contribution in [1.82, 2.24) is 0 Å². The number of fused-ring (bicyclic) bond motifs is 3. The Hall–Kier alpha value is -1.11. The molecular weight excluding hydrogens is 220 g/mol. The first-order valence-corrected chi connectivity index (χ1v) is 7.08. The van der Waals surface area contributed by atoms with E-state index < -0.39 is 0 Å². The Labute approximate surface area is 110 Å². The maximum absolute atomic E-state index is 12.2. The summed E-state index contributed by atoms with van der Waals surface area (Å²) >= 11 is 0. The Balaban J connectivity index is 2.13. The molecule has 1 aromatic carbocycles. The number of aryl methyl sites for hydroxylation is 1. The molecule has 0 radical (unpaired) electrons. The fourth-order valence-electron chi connectivity index (χ4n) is 4.46. The van der Waals surface area contributed by atoms with Crippen molar-refractivity contribution in [2.75, 3.05) is 0 Å². The van der Waals surface area contributed by atoms with Crippen LogP contribution < -0.4 is 0 Å². The maximum atomic E-state index is 12.2.